The van der Waals surface area contributed by atoms with E-state index in [4.69, 9.17) is 8.83 Å². The number of aryl methyl sites for hydroxylation is 1. The lowest BCUT2D eigenvalue weighted by atomic mass is 9.99. The van der Waals surface area contributed by atoms with Crippen LogP contribution in [0.5, 0.6) is 0 Å². The third-order valence-electron chi connectivity index (χ3n) is 9.75. The van der Waals surface area contributed by atoms with E-state index in [1.54, 1.807) is 0 Å². The van der Waals surface area contributed by atoms with Crippen LogP contribution in [0.1, 0.15) is 5.56 Å². The summed E-state index contributed by atoms with van der Waals surface area (Å²) in [6, 6.07) is 55.7. The lowest BCUT2D eigenvalue weighted by Gasteiger charge is -2.28. The van der Waals surface area contributed by atoms with Gasteiger partial charge in [0.25, 0.3) is 0 Å². The van der Waals surface area contributed by atoms with Crippen LogP contribution in [0.25, 0.3) is 76.5 Å². The Morgan fingerprint density at radius 3 is 1.90 bits per heavy atom. The maximum Gasteiger partial charge on any atom is 0.159 e. The smallest absolute Gasteiger partial charge is 0.159 e. The van der Waals surface area contributed by atoms with E-state index < -0.39 is 0 Å². The highest BCUT2D eigenvalue weighted by molar-refractivity contribution is 6.24. The minimum atomic E-state index is 0.846. The Kier molecular flexibility index (Phi) is 5.79. The lowest BCUT2D eigenvalue weighted by molar-refractivity contribution is 0.668. The molecule has 0 radical (unpaired) electrons. The molecule has 0 aliphatic heterocycles. The summed E-state index contributed by atoms with van der Waals surface area (Å²) in [7, 11) is 0. The molecule has 2 heterocycles. The molecule has 0 fully saturated rings. The second kappa shape index (κ2) is 10.3. The van der Waals surface area contributed by atoms with E-state index in [0.29, 0.717) is 0 Å². The van der Waals surface area contributed by atoms with Gasteiger partial charge in [-0.25, -0.2) is 0 Å². The Morgan fingerprint density at radius 2 is 1.06 bits per heavy atom. The molecule has 10 aromatic rings. The summed E-state index contributed by atoms with van der Waals surface area (Å²) < 4.78 is 13.7. The van der Waals surface area contributed by atoms with Crippen LogP contribution in [-0.4, -0.2) is 0 Å². The molecular formula is C45H29NO2. The molecule has 48 heavy (non-hydrogen) atoms. The second-order valence-corrected chi connectivity index (χ2v) is 12.5. The van der Waals surface area contributed by atoms with Gasteiger partial charge in [-0.05, 0) is 58.5 Å². The number of hydrogen-bond acceptors (Lipinski definition) is 3. The fraction of sp³-hybridized carbons (Fsp3) is 0.0222. The highest BCUT2D eigenvalue weighted by Gasteiger charge is 2.25. The molecule has 2 aromatic heterocycles. The first kappa shape index (κ1) is 26.9. The first-order valence-corrected chi connectivity index (χ1v) is 16.4. The molecule has 0 saturated carbocycles. The molecule has 0 aliphatic rings. The molecule has 10 rings (SSSR count). The zero-order valence-corrected chi connectivity index (χ0v) is 26.3. The van der Waals surface area contributed by atoms with Crippen LogP contribution in [0, 0.1) is 6.92 Å². The number of nitrogens with zero attached hydrogens (tertiary/aromatic N) is 1. The van der Waals surface area contributed by atoms with Crippen molar-refractivity contribution < 1.29 is 8.83 Å². The fourth-order valence-electron chi connectivity index (χ4n) is 7.52. The van der Waals surface area contributed by atoms with Crippen LogP contribution in [0.3, 0.4) is 0 Å². The van der Waals surface area contributed by atoms with Gasteiger partial charge in [0, 0.05) is 44.2 Å². The monoisotopic (exact) mass is 615 g/mol. The molecule has 0 spiro atoms. The third-order valence-corrected chi connectivity index (χ3v) is 9.75. The molecule has 226 valence electrons. The van der Waals surface area contributed by atoms with Crippen molar-refractivity contribution in [1.29, 1.82) is 0 Å². The summed E-state index contributed by atoms with van der Waals surface area (Å²) in [5.74, 6) is 0. The first-order chi connectivity index (χ1) is 23.7. The minimum absolute atomic E-state index is 0.846. The molecule has 0 atom stereocenters. The minimum Gasteiger partial charge on any atom is -0.456 e. The van der Waals surface area contributed by atoms with Gasteiger partial charge in [-0.15, -0.1) is 0 Å². The molecule has 3 heteroatoms. The van der Waals surface area contributed by atoms with Crippen LogP contribution in [0.4, 0.5) is 17.1 Å². The Balaban J connectivity index is 1.30. The number of anilines is 3. The van der Waals surface area contributed by atoms with E-state index in [1.165, 1.54) is 10.8 Å². The van der Waals surface area contributed by atoms with Crippen molar-refractivity contribution in [2.45, 2.75) is 6.92 Å². The summed E-state index contributed by atoms with van der Waals surface area (Å²) >= 11 is 0. The normalized spacial score (nSPS) is 11.9. The van der Waals surface area contributed by atoms with E-state index in [9.17, 15) is 0 Å². The highest BCUT2D eigenvalue weighted by Crippen LogP contribution is 2.48. The zero-order chi connectivity index (χ0) is 31.8. The predicted molar refractivity (Wildman–Crippen MR) is 201 cm³/mol. The van der Waals surface area contributed by atoms with Crippen LogP contribution >= 0.6 is 0 Å². The highest BCUT2D eigenvalue weighted by atomic mass is 16.3. The van der Waals surface area contributed by atoms with Crippen LogP contribution in [0.2, 0.25) is 0 Å². The summed E-state index contributed by atoms with van der Waals surface area (Å²) in [4.78, 5) is 2.35. The molecule has 0 saturated heterocycles. The first-order valence-electron chi connectivity index (χ1n) is 16.4. The van der Waals surface area contributed by atoms with Crippen molar-refractivity contribution in [3.05, 3.63) is 163 Å². The van der Waals surface area contributed by atoms with Gasteiger partial charge in [-0.2, -0.15) is 0 Å². The van der Waals surface area contributed by atoms with Gasteiger partial charge < -0.3 is 13.7 Å². The van der Waals surface area contributed by atoms with Gasteiger partial charge in [0.15, 0.2) is 5.58 Å². The van der Waals surface area contributed by atoms with E-state index in [1.807, 2.05) is 6.07 Å². The lowest BCUT2D eigenvalue weighted by Crippen LogP contribution is -2.12. The Morgan fingerprint density at radius 1 is 0.417 bits per heavy atom. The molecule has 0 aliphatic carbocycles. The van der Waals surface area contributed by atoms with E-state index >= 15 is 0 Å². The Hall–Kier alpha value is -6.32. The largest absolute Gasteiger partial charge is 0.456 e. The van der Waals surface area contributed by atoms with Crippen molar-refractivity contribution in [1.82, 2.24) is 0 Å². The molecule has 8 aromatic carbocycles. The molecule has 0 unspecified atom stereocenters. The molecule has 0 bridgehead atoms. The van der Waals surface area contributed by atoms with Crippen LogP contribution in [-0.2, 0) is 0 Å². The number of hydrogen-bond donors (Lipinski definition) is 0. The van der Waals surface area contributed by atoms with Gasteiger partial charge >= 0.3 is 0 Å². The second-order valence-electron chi connectivity index (χ2n) is 12.5. The third kappa shape index (κ3) is 3.94. The molecule has 3 nitrogen and oxygen atoms in total. The van der Waals surface area contributed by atoms with Crippen molar-refractivity contribution in [2.24, 2.45) is 0 Å². The van der Waals surface area contributed by atoms with Gasteiger partial charge in [0.05, 0.1) is 11.4 Å². The SMILES string of the molecule is Cc1ccccc1N(c1cc2oc3cc4ccccc4cc3c2c2ccccc12)c1cccc2c1oc1c(-c3ccccc3)cccc12. The Labute approximate surface area is 276 Å². The quantitative estimate of drug-likeness (QED) is 0.197. The fourth-order valence-corrected chi connectivity index (χ4v) is 7.52. The van der Waals surface area contributed by atoms with Crippen molar-refractivity contribution in [3.63, 3.8) is 0 Å². The summed E-state index contributed by atoms with van der Waals surface area (Å²) in [6.07, 6.45) is 0. The number of furan rings is 2. The number of rotatable bonds is 4. The topological polar surface area (TPSA) is 29.5 Å². The van der Waals surface area contributed by atoms with Crippen molar-refractivity contribution >= 4 is 82.5 Å². The van der Waals surface area contributed by atoms with Gasteiger partial charge in [-0.1, -0.05) is 127 Å². The Bertz CT molecular complexity index is 2860. The van der Waals surface area contributed by atoms with Crippen LogP contribution in [0.15, 0.2) is 167 Å². The average Bonchev–Trinajstić information content (AvgIpc) is 3.70. The van der Waals surface area contributed by atoms with E-state index in [-0.39, 0.29) is 0 Å². The maximum absolute atomic E-state index is 6.96. The van der Waals surface area contributed by atoms with Crippen LogP contribution < -0.4 is 4.90 Å². The summed E-state index contributed by atoms with van der Waals surface area (Å²) in [5, 5.41) is 9.11. The standard InChI is InChI=1S/C45H29NO2/c1-28-13-5-10-23-38(28)46(39-24-12-22-36-35-21-11-20-32(44(35)48-45(36)39)29-14-3-2-4-15-29)40-27-42-43(34-19-9-8-18-33(34)40)37-25-30-16-6-7-17-31(30)26-41(37)47-42/h2-27H,1H3. The van der Waals surface area contributed by atoms with Gasteiger partial charge in [0.2, 0.25) is 0 Å². The van der Waals surface area contributed by atoms with E-state index in [2.05, 4.69) is 163 Å². The molecular weight excluding hydrogens is 587 g/mol. The number of para-hydroxylation sites is 3. The van der Waals surface area contributed by atoms with E-state index in [0.717, 1.165) is 88.4 Å². The maximum atomic E-state index is 6.96. The zero-order valence-electron chi connectivity index (χ0n) is 26.3. The van der Waals surface area contributed by atoms with Gasteiger partial charge in [0.1, 0.15) is 16.7 Å². The summed E-state index contributed by atoms with van der Waals surface area (Å²) in [5.41, 5.74) is 9.95. The summed E-state index contributed by atoms with van der Waals surface area (Å²) in [6.45, 7) is 2.17. The van der Waals surface area contributed by atoms with Gasteiger partial charge in [-0.3, -0.25) is 0 Å². The van der Waals surface area contributed by atoms with Crippen molar-refractivity contribution in [3.8, 4) is 11.1 Å². The number of benzene rings is 8. The number of fused-ring (bicyclic) bond motifs is 9. The van der Waals surface area contributed by atoms with Crippen molar-refractivity contribution in [2.75, 3.05) is 4.90 Å². The average molecular weight is 616 g/mol. The predicted octanol–water partition coefficient (Wildman–Crippen LogP) is 13.2. The molecule has 0 amide bonds. The molecule has 0 N–H and O–H groups in total.